The lowest BCUT2D eigenvalue weighted by molar-refractivity contribution is 0.0160. The molecule has 1 heterocycles. The Morgan fingerprint density at radius 2 is 2.41 bits per heavy atom. The fourth-order valence-corrected chi connectivity index (χ4v) is 2.30. The molecule has 1 fully saturated rings. The van der Waals surface area contributed by atoms with Gasteiger partial charge in [0.25, 0.3) is 0 Å². The molecule has 0 aromatic heterocycles. The SMILES string of the molecule is O=C(OCC1CCCO1)c1cc(S)ccc1Br. The van der Waals surface area contributed by atoms with Gasteiger partial charge in [0.2, 0.25) is 0 Å². The van der Waals surface area contributed by atoms with E-state index in [0.29, 0.717) is 16.6 Å². The van der Waals surface area contributed by atoms with Crippen LogP contribution >= 0.6 is 28.6 Å². The van der Waals surface area contributed by atoms with E-state index in [2.05, 4.69) is 28.6 Å². The van der Waals surface area contributed by atoms with Crippen molar-refractivity contribution in [1.82, 2.24) is 0 Å². The van der Waals surface area contributed by atoms with Gasteiger partial charge in [-0.05, 0) is 47.0 Å². The Labute approximate surface area is 114 Å². The second-order valence-electron chi connectivity index (χ2n) is 3.90. The number of thiol groups is 1. The molecule has 0 radical (unpaired) electrons. The van der Waals surface area contributed by atoms with Gasteiger partial charge in [-0.1, -0.05) is 0 Å². The first kappa shape index (κ1) is 12.9. The molecule has 1 atom stereocenters. The third-order valence-corrected chi connectivity index (χ3v) is 3.56. The largest absolute Gasteiger partial charge is 0.459 e. The van der Waals surface area contributed by atoms with Gasteiger partial charge in [-0.25, -0.2) is 4.79 Å². The third kappa shape index (κ3) is 3.47. The van der Waals surface area contributed by atoms with Crippen LogP contribution < -0.4 is 0 Å². The number of hydrogen-bond acceptors (Lipinski definition) is 4. The predicted octanol–water partition coefficient (Wildman–Crippen LogP) is 3.07. The van der Waals surface area contributed by atoms with Gasteiger partial charge < -0.3 is 9.47 Å². The highest BCUT2D eigenvalue weighted by atomic mass is 79.9. The van der Waals surface area contributed by atoms with Crippen LogP contribution in [0.15, 0.2) is 27.6 Å². The summed E-state index contributed by atoms with van der Waals surface area (Å²) >= 11 is 7.52. The summed E-state index contributed by atoms with van der Waals surface area (Å²) in [5.41, 5.74) is 0.496. The number of ether oxygens (including phenoxy) is 2. The first-order chi connectivity index (χ1) is 8.16. The van der Waals surface area contributed by atoms with Crippen LogP contribution in [0, 0.1) is 0 Å². The molecule has 92 valence electrons. The predicted molar refractivity (Wildman–Crippen MR) is 70.7 cm³/mol. The molecule has 1 aliphatic rings. The lowest BCUT2D eigenvalue weighted by Gasteiger charge is -2.11. The molecule has 17 heavy (non-hydrogen) atoms. The van der Waals surface area contributed by atoms with Crippen molar-refractivity contribution in [2.75, 3.05) is 13.2 Å². The van der Waals surface area contributed by atoms with E-state index in [1.54, 1.807) is 12.1 Å². The van der Waals surface area contributed by atoms with Crippen molar-refractivity contribution in [2.24, 2.45) is 0 Å². The van der Waals surface area contributed by atoms with Crippen molar-refractivity contribution in [3.63, 3.8) is 0 Å². The molecular formula is C12H13BrO3S. The Morgan fingerprint density at radius 3 is 3.12 bits per heavy atom. The summed E-state index contributed by atoms with van der Waals surface area (Å²) in [6.07, 6.45) is 2.05. The maximum absolute atomic E-state index is 11.8. The monoisotopic (exact) mass is 316 g/mol. The molecule has 3 nitrogen and oxygen atoms in total. The van der Waals surface area contributed by atoms with E-state index < -0.39 is 0 Å². The van der Waals surface area contributed by atoms with E-state index in [0.717, 1.165) is 24.3 Å². The molecule has 1 unspecified atom stereocenters. The number of benzene rings is 1. The fraction of sp³-hybridized carbons (Fsp3) is 0.417. The average Bonchev–Trinajstić information content (AvgIpc) is 2.82. The molecule has 0 saturated carbocycles. The molecule has 5 heteroatoms. The number of hydrogen-bond donors (Lipinski definition) is 1. The molecule has 1 saturated heterocycles. The minimum atomic E-state index is -0.344. The van der Waals surface area contributed by atoms with E-state index in [1.165, 1.54) is 0 Å². The third-order valence-electron chi connectivity index (χ3n) is 2.59. The normalized spacial score (nSPS) is 19.3. The van der Waals surface area contributed by atoms with Crippen molar-refractivity contribution in [3.05, 3.63) is 28.2 Å². The van der Waals surface area contributed by atoms with Crippen molar-refractivity contribution < 1.29 is 14.3 Å². The molecule has 1 aliphatic heterocycles. The molecule has 0 bridgehead atoms. The lowest BCUT2D eigenvalue weighted by Crippen LogP contribution is -2.18. The van der Waals surface area contributed by atoms with E-state index in [9.17, 15) is 4.79 Å². The van der Waals surface area contributed by atoms with E-state index in [-0.39, 0.29) is 12.1 Å². The van der Waals surface area contributed by atoms with Gasteiger partial charge in [0.05, 0.1) is 11.7 Å². The fourth-order valence-electron chi connectivity index (χ4n) is 1.69. The summed E-state index contributed by atoms with van der Waals surface area (Å²) in [6.45, 7) is 1.08. The summed E-state index contributed by atoms with van der Waals surface area (Å²) in [5.74, 6) is -0.344. The van der Waals surface area contributed by atoms with Gasteiger partial charge in [0.15, 0.2) is 0 Å². The van der Waals surface area contributed by atoms with Crippen LogP contribution in [0.5, 0.6) is 0 Å². The highest BCUT2D eigenvalue weighted by molar-refractivity contribution is 9.10. The zero-order valence-corrected chi connectivity index (χ0v) is 11.7. The van der Waals surface area contributed by atoms with E-state index in [1.807, 2.05) is 6.07 Å². The quantitative estimate of drug-likeness (QED) is 0.687. The van der Waals surface area contributed by atoms with Crippen LogP contribution in [0.1, 0.15) is 23.2 Å². The zero-order chi connectivity index (χ0) is 12.3. The minimum absolute atomic E-state index is 0.0527. The van der Waals surface area contributed by atoms with E-state index >= 15 is 0 Å². The number of esters is 1. The topological polar surface area (TPSA) is 35.5 Å². The first-order valence-corrected chi connectivity index (χ1v) is 6.68. The Hall–Kier alpha value is -0.520. The molecule has 0 N–H and O–H groups in total. The second-order valence-corrected chi connectivity index (χ2v) is 5.27. The highest BCUT2D eigenvalue weighted by Gasteiger charge is 2.19. The Kier molecular flexibility index (Phi) is 4.48. The number of carbonyl (C=O) groups excluding carboxylic acids is 1. The van der Waals surface area contributed by atoms with Crippen molar-refractivity contribution in [1.29, 1.82) is 0 Å². The van der Waals surface area contributed by atoms with Crippen LogP contribution in [-0.4, -0.2) is 25.3 Å². The van der Waals surface area contributed by atoms with Crippen LogP contribution in [0.3, 0.4) is 0 Å². The zero-order valence-electron chi connectivity index (χ0n) is 9.19. The maximum atomic E-state index is 11.8. The molecule has 0 spiro atoms. The molecule has 0 aliphatic carbocycles. The maximum Gasteiger partial charge on any atom is 0.339 e. The van der Waals surface area contributed by atoms with Crippen LogP contribution in [0.2, 0.25) is 0 Å². The summed E-state index contributed by atoms with van der Waals surface area (Å²) in [7, 11) is 0. The highest BCUT2D eigenvalue weighted by Crippen LogP contribution is 2.21. The Balaban J connectivity index is 1.96. The van der Waals surface area contributed by atoms with Gasteiger partial charge in [-0.15, -0.1) is 12.6 Å². The Morgan fingerprint density at radius 1 is 1.59 bits per heavy atom. The van der Waals surface area contributed by atoms with E-state index in [4.69, 9.17) is 9.47 Å². The van der Waals surface area contributed by atoms with Crippen molar-refractivity contribution in [2.45, 2.75) is 23.8 Å². The van der Waals surface area contributed by atoms with Crippen LogP contribution in [0.4, 0.5) is 0 Å². The van der Waals surface area contributed by atoms with Crippen molar-refractivity contribution >= 4 is 34.5 Å². The average molecular weight is 317 g/mol. The van der Waals surface area contributed by atoms with Crippen LogP contribution in [-0.2, 0) is 9.47 Å². The summed E-state index contributed by atoms with van der Waals surface area (Å²) in [4.78, 5) is 12.6. The first-order valence-electron chi connectivity index (χ1n) is 5.44. The minimum Gasteiger partial charge on any atom is -0.459 e. The number of carbonyl (C=O) groups is 1. The number of halogens is 1. The summed E-state index contributed by atoms with van der Waals surface area (Å²) < 4.78 is 11.3. The van der Waals surface area contributed by atoms with Crippen LogP contribution in [0.25, 0.3) is 0 Å². The molecule has 1 aromatic rings. The van der Waals surface area contributed by atoms with Gasteiger partial charge in [-0.3, -0.25) is 0 Å². The number of rotatable bonds is 3. The van der Waals surface area contributed by atoms with Gasteiger partial charge in [-0.2, -0.15) is 0 Å². The molecular weight excluding hydrogens is 304 g/mol. The lowest BCUT2D eigenvalue weighted by atomic mass is 10.2. The molecule has 1 aromatic carbocycles. The summed E-state index contributed by atoms with van der Waals surface area (Å²) in [6, 6.07) is 5.28. The van der Waals surface area contributed by atoms with Crippen molar-refractivity contribution in [3.8, 4) is 0 Å². The molecule has 2 rings (SSSR count). The Bertz CT molecular complexity index is 416. The smallest absolute Gasteiger partial charge is 0.339 e. The van der Waals surface area contributed by atoms with Gasteiger partial charge in [0.1, 0.15) is 6.61 Å². The molecule has 0 amide bonds. The second kappa shape index (κ2) is 5.89. The summed E-state index contributed by atoms with van der Waals surface area (Å²) in [5, 5.41) is 0. The van der Waals surface area contributed by atoms with Gasteiger partial charge >= 0.3 is 5.97 Å². The van der Waals surface area contributed by atoms with Gasteiger partial charge in [0, 0.05) is 16.0 Å². The standard InChI is InChI=1S/C12H13BrO3S/c13-11-4-3-9(17)6-10(11)12(14)16-7-8-2-1-5-15-8/h3-4,6,8,17H,1-2,5,7H2.